The van der Waals surface area contributed by atoms with Crippen LogP contribution in [-0.2, 0) is 28.4 Å². The zero-order valence-electron chi connectivity index (χ0n) is 7.75. The molecule has 0 aromatic rings. The molecule has 2 N–H and O–H groups in total. The molecule has 8 nitrogen and oxygen atoms in total. The van der Waals surface area contributed by atoms with Gasteiger partial charge in [-0.15, -0.1) is 0 Å². The molecule has 0 saturated carbocycles. The highest BCUT2D eigenvalue weighted by Crippen LogP contribution is 2.40. The lowest BCUT2D eigenvalue weighted by Gasteiger charge is -2.27. The molecule has 1 heterocycles. The van der Waals surface area contributed by atoms with Gasteiger partial charge in [-0.1, -0.05) is 0 Å². The maximum Gasteiger partial charge on any atom is 0.402 e. The van der Waals surface area contributed by atoms with Gasteiger partial charge in [-0.2, -0.15) is 8.42 Å². The third-order valence-corrected chi connectivity index (χ3v) is 3.34. The van der Waals surface area contributed by atoms with E-state index in [0.717, 1.165) is 13.8 Å². The van der Waals surface area contributed by atoms with E-state index in [1.807, 2.05) is 0 Å². The second kappa shape index (κ2) is 2.90. The summed E-state index contributed by atoms with van der Waals surface area (Å²) in [6.07, 6.45) is 0. The van der Waals surface area contributed by atoms with Crippen LogP contribution in [0.15, 0.2) is 0 Å². The summed E-state index contributed by atoms with van der Waals surface area (Å²) in [5, 5.41) is 17.5. The quantitative estimate of drug-likeness (QED) is 0.626. The number of aliphatic carboxylic acids is 2. The highest BCUT2D eigenvalue weighted by molar-refractivity contribution is 7.82. The second-order valence-corrected chi connectivity index (χ2v) is 4.40. The summed E-state index contributed by atoms with van der Waals surface area (Å²) in [6, 6.07) is 0. The van der Waals surface area contributed by atoms with Gasteiger partial charge in [0.25, 0.3) is 0 Å². The van der Waals surface area contributed by atoms with Crippen LogP contribution in [-0.4, -0.2) is 41.8 Å². The van der Waals surface area contributed by atoms with Crippen LogP contribution >= 0.6 is 0 Å². The van der Waals surface area contributed by atoms with Crippen LogP contribution in [0.1, 0.15) is 13.8 Å². The SMILES string of the molecule is C[C@@]1(C(=O)O)OS(=O)(=O)O[C@@]1(C)C(=O)O. The number of carboxylic acid groups (broad SMARTS) is 2. The summed E-state index contributed by atoms with van der Waals surface area (Å²) in [5.74, 6) is -3.48. The Kier molecular flexibility index (Phi) is 2.30. The molecular formula is C6H8O8S. The molecule has 9 heteroatoms. The average Bonchev–Trinajstić information content (AvgIpc) is 2.19. The van der Waals surface area contributed by atoms with E-state index in [1.165, 1.54) is 0 Å². The van der Waals surface area contributed by atoms with Crippen molar-refractivity contribution in [1.82, 2.24) is 0 Å². The molecule has 2 atom stereocenters. The van der Waals surface area contributed by atoms with Gasteiger partial charge < -0.3 is 10.2 Å². The van der Waals surface area contributed by atoms with Crippen molar-refractivity contribution in [3.8, 4) is 0 Å². The van der Waals surface area contributed by atoms with Crippen molar-refractivity contribution in [1.29, 1.82) is 0 Å². The van der Waals surface area contributed by atoms with Crippen molar-refractivity contribution < 1.29 is 36.6 Å². The number of hydrogen-bond acceptors (Lipinski definition) is 6. The zero-order valence-corrected chi connectivity index (χ0v) is 8.57. The first-order chi connectivity index (χ1) is 6.55. The minimum atomic E-state index is -4.61. The summed E-state index contributed by atoms with van der Waals surface area (Å²) >= 11 is 0. The lowest BCUT2D eigenvalue weighted by atomic mass is 9.86. The van der Waals surface area contributed by atoms with Crippen molar-refractivity contribution in [3.05, 3.63) is 0 Å². The fraction of sp³-hybridized carbons (Fsp3) is 0.667. The first-order valence-corrected chi connectivity index (χ1v) is 5.01. The molecule has 15 heavy (non-hydrogen) atoms. The minimum absolute atomic E-state index is 0.813. The van der Waals surface area contributed by atoms with E-state index in [0.29, 0.717) is 0 Å². The van der Waals surface area contributed by atoms with Crippen LogP contribution in [0.4, 0.5) is 0 Å². The van der Waals surface area contributed by atoms with E-state index >= 15 is 0 Å². The molecule has 0 spiro atoms. The van der Waals surface area contributed by atoms with Crippen molar-refractivity contribution in [2.75, 3.05) is 0 Å². The van der Waals surface area contributed by atoms with Gasteiger partial charge in [0.1, 0.15) is 0 Å². The van der Waals surface area contributed by atoms with Gasteiger partial charge in [0.05, 0.1) is 0 Å². The van der Waals surface area contributed by atoms with Crippen molar-refractivity contribution in [3.63, 3.8) is 0 Å². The lowest BCUT2D eigenvalue weighted by molar-refractivity contribution is -0.177. The number of carbonyl (C=O) groups is 2. The second-order valence-electron chi connectivity index (χ2n) is 3.25. The lowest BCUT2D eigenvalue weighted by Crippen LogP contribution is -2.57. The Morgan fingerprint density at radius 1 is 1.00 bits per heavy atom. The highest BCUT2D eigenvalue weighted by Gasteiger charge is 2.68. The smallest absolute Gasteiger partial charge is 0.402 e. The molecule has 1 aliphatic heterocycles. The van der Waals surface area contributed by atoms with Gasteiger partial charge >= 0.3 is 22.3 Å². The average molecular weight is 240 g/mol. The monoisotopic (exact) mass is 240 g/mol. The van der Waals surface area contributed by atoms with Gasteiger partial charge in [-0.05, 0) is 13.8 Å². The van der Waals surface area contributed by atoms with Crippen molar-refractivity contribution in [2.45, 2.75) is 25.0 Å². The highest BCUT2D eigenvalue weighted by atomic mass is 32.3. The Morgan fingerprint density at radius 3 is 1.47 bits per heavy atom. The Morgan fingerprint density at radius 2 is 1.27 bits per heavy atom. The molecule has 0 unspecified atom stereocenters. The van der Waals surface area contributed by atoms with Gasteiger partial charge in [0, 0.05) is 0 Å². The predicted molar refractivity (Wildman–Crippen MR) is 43.2 cm³/mol. The summed E-state index contributed by atoms with van der Waals surface area (Å²) in [5.41, 5.74) is -4.98. The standard InChI is InChI=1S/C6H8O8S/c1-5(3(7)8)6(2,4(9)10)14-15(11,12)13-5/h1-2H3,(H,7,8)(H,9,10)/t5-,6-/m0/s1. The molecule has 0 radical (unpaired) electrons. The summed E-state index contributed by atoms with van der Waals surface area (Å²) in [6.45, 7) is 1.63. The summed E-state index contributed by atoms with van der Waals surface area (Å²) in [7, 11) is -4.61. The largest absolute Gasteiger partial charge is 0.479 e. The maximum atomic E-state index is 10.9. The Hall–Kier alpha value is -1.19. The fourth-order valence-electron chi connectivity index (χ4n) is 1.06. The number of carboxylic acids is 2. The van der Waals surface area contributed by atoms with Crippen LogP contribution < -0.4 is 0 Å². The van der Waals surface area contributed by atoms with E-state index in [4.69, 9.17) is 10.2 Å². The first-order valence-electron chi connectivity index (χ1n) is 3.68. The predicted octanol–water partition coefficient (Wildman–Crippen LogP) is -1.04. The van der Waals surface area contributed by atoms with E-state index < -0.39 is 33.5 Å². The van der Waals surface area contributed by atoms with Crippen LogP contribution in [0.25, 0.3) is 0 Å². The number of rotatable bonds is 2. The fourth-order valence-corrected chi connectivity index (χ4v) is 2.37. The molecule has 0 bridgehead atoms. The van der Waals surface area contributed by atoms with Crippen LogP contribution in [0.5, 0.6) is 0 Å². The summed E-state index contributed by atoms with van der Waals surface area (Å²) < 4.78 is 30.1. The molecular weight excluding hydrogens is 232 g/mol. The molecule has 86 valence electrons. The van der Waals surface area contributed by atoms with Gasteiger partial charge in [-0.25, -0.2) is 18.0 Å². The van der Waals surface area contributed by atoms with Gasteiger partial charge in [-0.3, -0.25) is 0 Å². The summed E-state index contributed by atoms with van der Waals surface area (Å²) in [4.78, 5) is 21.6. The first kappa shape index (κ1) is 11.9. The Bertz CT molecular complexity index is 390. The molecule has 0 amide bonds. The van der Waals surface area contributed by atoms with E-state index in [9.17, 15) is 18.0 Å². The van der Waals surface area contributed by atoms with Crippen molar-refractivity contribution >= 4 is 22.3 Å². The zero-order chi connectivity index (χ0) is 12.1. The normalized spacial score (nSPS) is 38.8. The van der Waals surface area contributed by atoms with Crippen LogP contribution in [0.2, 0.25) is 0 Å². The van der Waals surface area contributed by atoms with E-state index in [-0.39, 0.29) is 0 Å². The molecule has 0 aliphatic carbocycles. The third-order valence-electron chi connectivity index (χ3n) is 2.26. The molecule has 1 saturated heterocycles. The molecule has 1 aliphatic rings. The molecule has 0 aromatic carbocycles. The molecule has 1 rings (SSSR count). The molecule has 0 aromatic heterocycles. The third kappa shape index (κ3) is 1.48. The van der Waals surface area contributed by atoms with Gasteiger partial charge in [0.15, 0.2) is 0 Å². The van der Waals surface area contributed by atoms with E-state index in [2.05, 4.69) is 8.37 Å². The number of hydrogen-bond donors (Lipinski definition) is 2. The minimum Gasteiger partial charge on any atom is -0.479 e. The van der Waals surface area contributed by atoms with Crippen LogP contribution in [0.3, 0.4) is 0 Å². The molecule has 1 fully saturated rings. The van der Waals surface area contributed by atoms with Crippen LogP contribution in [0, 0.1) is 0 Å². The Labute approximate surface area is 84.7 Å². The maximum absolute atomic E-state index is 10.9. The van der Waals surface area contributed by atoms with E-state index in [1.54, 1.807) is 0 Å². The Balaban J connectivity index is 3.40. The topological polar surface area (TPSA) is 127 Å². The van der Waals surface area contributed by atoms with Gasteiger partial charge in [0.2, 0.25) is 11.2 Å². The van der Waals surface area contributed by atoms with Crippen molar-refractivity contribution in [2.24, 2.45) is 0 Å².